The highest BCUT2D eigenvalue weighted by Gasteiger charge is 2.17. The fourth-order valence-electron chi connectivity index (χ4n) is 2.23. The Bertz CT molecular complexity index is 145. The van der Waals surface area contributed by atoms with E-state index < -0.39 is 0 Å². The fourth-order valence-corrected chi connectivity index (χ4v) is 2.23. The topological polar surface area (TPSA) is 21.3 Å². The van der Waals surface area contributed by atoms with Gasteiger partial charge in [0.25, 0.3) is 0 Å². The summed E-state index contributed by atoms with van der Waals surface area (Å²) in [7, 11) is 1.80. The van der Waals surface area contributed by atoms with Gasteiger partial charge in [-0.15, -0.1) is 0 Å². The van der Waals surface area contributed by atoms with Gasteiger partial charge in [-0.25, -0.2) is 0 Å². The SMILES string of the molecule is CCC[C@H](CCOC)CNCC1CCC1. The molecule has 0 aliphatic heterocycles. The standard InChI is InChI=1S/C13H27NO/c1-3-5-12(8-9-15-2)10-14-11-13-6-4-7-13/h12-14H,3-11H2,1-2H3/t12-/m1/s1. The predicted octanol–water partition coefficient (Wildman–Crippen LogP) is 2.83. The highest BCUT2D eigenvalue weighted by Crippen LogP contribution is 2.25. The summed E-state index contributed by atoms with van der Waals surface area (Å²) in [5.74, 6) is 1.80. The molecule has 1 saturated carbocycles. The number of ether oxygens (including phenoxy) is 1. The molecule has 15 heavy (non-hydrogen) atoms. The summed E-state index contributed by atoms with van der Waals surface area (Å²) in [5, 5.41) is 3.63. The highest BCUT2D eigenvalue weighted by molar-refractivity contribution is 4.72. The Morgan fingerprint density at radius 3 is 2.67 bits per heavy atom. The summed E-state index contributed by atoms with van der Waals surface area (Å²) in [4.78, 5) is 0. The molecule has 1 fully saturated rings. The molecule has 0 saturated heterocycles. The summed E-state index contributed by atoms with van der Waals surface area (Å²) in [5.41, 5.74) is 0. The molecular weight excluding hydrogens is 186 g/mol. The van der Waals surface area contributed by atoms with Crippen LogP contribution in [0.15, 0.2) is 0 Å². The van der Waals surface area contributed by atoms with Gasteiger partial charge in [-0.05, 0) is 50.6 Å². The molecule has 90 valence electrons. The van der Waals surface area contributed by atoms with E-state index in [1.807, 2.05) is 0 Å². The van der Waals surface area contributed by atoms with E-state index in [1.165, 1.54) is 51.6 Å². The molecule has 0 spiro atoms. The first-order valence-corrected chi connectivity index (χ1v) is 6.56. The van der Waals surface area contributed by atoms with Gasteiger partial charge in [0.2, 0.25) is 0 Å². The zero-order valence-electron chi connectivity index (χ0n) is 10.4. The van der Waals surface area contributed by atoms with Crippen LogP contribution in [0.2, 0.25) is 0 Å². The first-order chi connectivity index (χ1) is 7.36. The lowest BCUT2D eigenvalue weighted by Gasteiger charge is -2.26. The third kappa shape index (κ3) is 5.53. The summed E-state index contributed by atoms with van der Waals surface area (Å²) in [6.45, 7) is 5.61. The molecule has 0 aromatic rings. The van der Waals surface area contributed by atoms with Gasteiger partial charge in [0.05, 0.1) is 0 Å². The van der Waals surface area contributed by atoms with Crippen molar-refractivity contribution in [3.05, 3.63) is 0 Å². The fraction of sp³-hybridized carbons (Fsp3) is 1.00. The van der Waals surface area contributed by atoms with Crippen LogP contribution in [0, 0.1) is 11.8 Å². The average molecular weight is 213 g/mol. The number of rotatable bonds is 9. The molecule has 2 heteroatoms. The Hall–Kier alpha value is -0.0800. The first kappa shape index (κ1) is 13.0. The van der Waals surface area contributed by atoms with Gasteiger partial charge in [0, 0.05) is 13.7 Å². The van der Waals surface area contributed by atoms with Gasteiger partial charge in [-0.3, -0.25) is 0 Å². The molecular formula is C13H27NO. The predicted molar refractivity (Wildman–Crippen MR) is 65.1 cm³/mol. The number of nitrogens with one attached hydrogen (secondary N) is 1. The molecule has 0 heterocycles. The second-order valence-corrected chi connectivity index (χ2v) is 4.89. The Morgan fingerprint density at radius 1 is 1.33 bits per heavy atom. The van der Waals surface area contributed by atoms with Crippen molar-refractivity contribution in [2.75, 3.05) is 26.8 Å². The smallest absolute Gasteiger partial charge is 0.0465 e. The second kappa shape index (κ2) is 8.12. The second-order valence-electron chi connectivity index (χ2n) is 4.89. The van der Waals surface area contributed by atoms with Crippen molar-refractivity contribution >= 4 is 0 Å². The molecule has 1 N–H and O–H groups in total. The highest BCUT2D eigenvalue weighted by atomic mass is 16.5. The van der Waals surface area contributed by atoms with Gasteiger partial charge >= 0.3 is 0 Å². The van der Waals surface area contributed by atoms with Crippen LogP contribution in [0.3, 0.4) is 0 Å². The number of hydrogen-bond donors (Lipinski definition) is 1. The van der Waals surface area contributed by atoms with E-state index >= 15 is 0 Å². The van der Waals surface area contributed by atoms with E-state index in [9.17, 15) is 0 Å². The number of hydrogen-bond acceptors (Lipinski definition) is 2. The lowest BCUT2D eigenvalue weighted by Crippen LogP contribution is -2.31. The van der Waals surface area contributed by atoms with Crippen molar-refractivity contribution in [1.82, 2.24) is 5.32 Å². The summed E-state index contributed by atoms with van der Waals surface area (Å²) in [6, 6.07) is 0. The molecule has 0 amide bonds. The minimum atomic E-state index is 0.815. The maximum atomic E-state index is 5.15. The maximum Gasteiger partial charge on any atom is 0.0465 e. The van der Waals surface area contributed by atoms with E-state index in [4.69, 9.17) is 4.74 Å². The van der Waals surface area contributed by atoms with E-state index in [0.717, 1.165) is 18.4 Å². The van der Waals surface area contributed by atoms with Crippen LogP contribution in [-0.2, 0) is 4.74 Å². The van der Waals surface area contributed by atoms with Gasteiger partial charge in [-0.2, -0.15) is 0 Å². The monoisotopic (exact) mass is 213 g/mol. The molecule has 2 nitrogen and oxygen atoms in total. The first-order valence-electron chi connectivity index (χ1n) is 6.56. The van der Waals surface area contributed by atoms with Crippen LogP contribution in [0.25, 0.3) is 0 Å². The van der Waals surface area contributed by atoms with E-state index in [2.05, 4.69) is 12.2 Å². The van der Waals surface area contributed by atoms with Crippen LogP contribution < -0.4 is 5.32 Å². The Morgan fingerprint density at radius 2 is 2.13 bits per heavy atom. The minimum Gasteiger partial charge on any atom is -0.385 e. The quantitative estimate of drug-likeness (QED) is 0.636. The average Bonchev–Trinajstić information content (AvgIpc) is 2.18. The molecule has 1 aliphatic carbocycles. The van der Waals surface area contributed by atoms with Gasteiger partial charge in [0.1, 0.15) is 0 Å². The van der Waals surface area contributed by atoms with Gasteiger partial charge < -0.3 is 10.1 Å². The van der Waals surface area contributed by atoms with Crippen molar-refractivity contribution in [3.63, 3.8) is 0 Å². The lowest BCUT2D eigenvalue weighted by molar-refractivity contribution is 0.172. The molecule has 0 aromatic heterocycles. The number of methoxy groups -OCH3 is 1. The van der Waals surface area contributed by atoms with Crippen LogP contribution >= 0.6 is 0 Å². The largest absolute Gasteiger partial charge is 0.385 e. The van der Waals surface area contributed by atoms with Crippen LogP contribution in [-0.4, -0.2) is 26.8 Å². The summed E-state index contributed by atoms with van der Waals surface area (Å²) >= 11 is 0. The van der Waals surface area contributed by atoms with E-state index in [-0.39, 0.29) is 0 Å². The zero-order valence-corrected chi connectivity index (χ0v) is 10.4. The molecule has 0 radical (unpaired) electrons. The molecule has 1 rings (SSSR count). The van der Waals surface area contributed by atoms with Gasteiger partial charge in [-0.1, -0.05) is 19.8 Å². The normalized spacial score (nSPS) is 18.8. The Kier molecular flexibility index (Phi) is 7.03. The molecule has 0 bridgehead atoms. The van der Waals surface area contributed by atoms with Crippen LogP contribution in [0.5, 0.6) is 0 Å². The molecule has 1 aliphatic rings. The molecule has 1 atom stereocenters. The van der Waals surface area contributed by atoms with Gasteiger partial charge in [0.15, 0.2) is 0 Å². The lowest BCUT2D eigenvalue weighted by atomic mass is 9.85. The third-order valence-electron chi connectivity index (χ3n) is 3.52. The van der Waals surface area contributed by atoms with Crippen molar-refractivity contribution in [2.45, 2.75) is 45.4 Å². The van der Waals surface area contributed by atoms with Crippen molar-refractivity contribution in [1.29, 1.82) is 0 Å². The van der Waals surface area contributed by atoms with Crippen LogP contribution in [0.1, 0.15) is 45.4 Å². The minimum absolute atomic E-state index is 0.815. The maximum absolute atomic E-state index is 5.15. The summed E-state index contributed by atoms with van der Waals surface area (Å²) < 4.78 is 5.15. The zero-order chi connectivity index (χ0) is 10.9. The van der Waals surface area contributed by atoms with E-state index in [1.54, 1.807) is 7.11 Å². The van der Waals surface area contributed by atoms with Crippen LogP contribution in [0.4, 0.5) is 0 Å². The summed E-state index contributed by atoms with van der Waals surface area (Å²) in [6.07, 6.45) is 8.18. The Balaban J connectivity index is 2.01. The molecule has 0 aromatic carbocycles. The van der Waals surface area contributed by atoms with Crippen molar-refractivity contribution in [2.24, 2.45) is 11.8 Å². The Labute approximate surface area is 94.8 Å². The van der Waals surface area contributed by atoms with E-state index in [0.29, 0.717) is 0 Å². The molecule has 0 unspecified atom stereocenters. The third-order valence-corrected chi connectivity index (χ3v) is 3.52. The van der Waals surface area contributed by atoms with Crippen molar-refractivity contribution < 1.29 is 4.74 Å². The van der Waals surface area contributed by atoms with Crippen molar-refractivity contribution in [3.8, 4) is 0 Å².